The fourth-order valence-corrected chi connectivity index (χ4v) is 3.32. The van der Waals surface area contributed by atoms with Gasteiger partial charge < -0.3 is 25.8 Å². The van der Waals surface area contributed by atoms with E-state index in [0.29, 0.717) is 23.2 Å². The molecule has 0 saturated carbocycles. The smallest absolute Gasteiger partial charge is 0.343 e. The Kier molecular flexibility index (Phi) is 6.42. The summed E-state index contributed by atoms with van der Waals surface area (Å²) in [6.45, 7) is -0.200. The van der Waals surface area contributed by atoms with Gasteiger partial charge in [0.25, 0.3) is 16.0 Å². The summed E-state index contributed by atoms with van der Waals surface area (Å²) >= 11 is 0. The van der Waals surface area contributed by atoms with Crippen LogP contribution in [0.1, 0.15) is 26.3 Å². The van der Waals surface area contributed by atoms with Gasteiger partial charge in [0.2, 0.25) is 0 Å². The van der Waals surface area contributed by atoms with Crippen molar-refractivity contribution in [3.63, 3.8) is 0 Å². The monoisotopic (exact) mass is 448 g/mol. The molecular formula is C19H20N4O7S. The zero-order valence-electron chi connectivity index (χ0n) is 16.2. The highest BCUT2D eigenvalue weighted by atomic mass is 32.2. The molecule has 0 saturated heterocycles. The van der Waals surface area contributed by atoms with Gasteiger partial charge in [-0.05, 0) is 35.9 Å². The summed E-state index contributed by atoms with van der Waals surface area (Å²) in [5.41, 5.74) is 6.81. The van der Waals surface area contributed by atoms with Crippen molar-refractivity contribution in [1.82, 2.24) is 5.32 Å². The quantitative estimate of drug-likeness (QED) is 0.145. The van der Waals surface area contributed by atoms with Crippen LogP contribution in [0.25, 0.3) is 0 Å². The minimum absolute atomic E-state index is 0.0335. The van der Waals surface area contributed by atoms with Crippen molar-refractivity contribution in [2.24, 2.45) is 5.73 Å². The van der Waals surface area contributed by atoms with Gasteiger partial charge in [-0.3, -0.25) is 14.8 Å². The Morgan fingerprint density at radius 3 is 2.74 bits per heavy atom. The molecule has 3 rings (SSSR count). The van der Waals surface area contributed by atoms with Crippen LogP contribution < -0.4 is 25.8 Å². The zero-order valence-corrected chi connectivity index (χ0v) is 17.0. The van der Waals surface area contributed by atoms with E-state index >= 15 is 0 Å². The van der Waals surface area contributed by atoms with Crippen LogP contribution in [0.2, 0.25) is 0 Å². The van der Waals surface area contributed by atoms with Gasteiger partial charge in [-0.25, -0.2) is 4.79 Å². The molecule has 6 N–H and O–H groups in total. The molecule has 0 bridgehead atoms. The number of guanidine groups is 1. The molecule has 12 heteroatoms. The molecule has 2 aromatic rings. The average Bonchev–Trinajstić information content (AvgIpc) is 2.73. The molecule has 0 spiro atoms. The number of para-hydroxylation sites is 1. The Bertz CT molecular complexity index is 1150. The lowest BCUT2D eigenvalue weighted by Gasteiger charge is -2.14. The minimum Gasteiger partial charge on any atom is -0.488 e. The molecule has 0 unspecified atom stereocenters. The summed E-state index contributed by atoms with van der Waals surface area (Å²) in [5.74, 6) is -2.13. The fraction of sp³-hybridized carbons (Fsp3) is 0.211. The first-order chi connectivity index (χ1) is 14.6. The maximum absolute atomic E-state index is 12.7. The summed E-state index contributed by atoms with van der Waals surface area (Å²) in [7, 11) is -4.23. The SMILES string of the molecule is N=C(N)Nc1ccc2c(c1)CCOc1c(cccc1C(=O)NCCS(=O)(=O)O)OC2=O. The van der Waals surface area contributed by atoms with Crippen molar-refractivity contribution in [2.45, 2.75) is 6.42 Å². The lowest BCUT2D eigenvalue weighted by atomic mass is 10.0. The second-order valence-corrected chi connectivity index (χ2v) is 8.15. The third-order valence-electron chi connectivity index (χ3n) is 4.29. The lowest BCUT2D eigenvalue weighted by molar-refractivity contribution is 0.0728. The number of rotatable bonds is 5. The molecule has 0 aromatic heterocycles. The van der Waals surface area contributed by atoms with Crippen LogP contribution in [0.4, 0.5) is 5.69 Å². The highest BCUT2D eigenvalue weighted by Gasteiger charge is 2.23. The Labute approximate surface area is 177 Å². The fourth-order valence-electron chi connectivity index (χ4n) is 2.96. The second-order valence-electron chi connectivity index (χ2n) is 6.57. The first kappa shape index (κ1) is 22.1. The predicted octanol–water partition coefficient (Wildman–Crippen LogP) is 0.764. The van der Waals surface area contributed by atoms with Crippen LogP contribution in [0, 0.1) is 5.41 Å². The van der Waals surface area contributed by atoms with Crippen LogP contribution in [0.15, 0.2) is 36.4 Å². The Balaban J connectivity index is 1.86. The van der Waals surface area contributed by atoms with Crippen LogP contribution in [0.5, 0.6) is 11.5 Å². The molecule has 0 aliphatic carbocycles. The molecule has 164 valence electrons. The number of benzene rings is 2. The van der Waals surface area contributed by atoms with E-state index in [-0.39, 0.29) is 36.2 Å². The first-order valence-electron chi connectivity index (χ1n) is 9.09. The lowest BCUT2D eigenvalue weighted by Crippen LogP contribution is -2.29. The molecule has 2 aromatic carbocycles. The van der Waals surface area contributed by atoms with E-state index < -0.39 is 27.7 Å². The van der Waals surface area contributed by atoms with Crippen molar-refractivity contribution in [3.05, 3.63) is 53.1 Å². The average molecular weight is 448 g/mol. The summed E-state index contributed by atoms with van der Waals surface area (Å²) in [4.78, 5) is 25.2. The number of carbonyl (C=O) groups excluding carboxylic acids is 2. The van der Waals surface area contributed by atoms with E-state index in [2.05, 4.69) is 10.6 Å². The van der Waals surface area contributed by atoms with E-state index in [1.165, 1.54) is 18.2 Å². The van der Waals surface area contributed by atoms with E-state index in [1.807, 2.05) is 0 Å². The van der Waals surface area contributed by atoms with Crippen LogP contribution in [0.3, 0.4) is 0 Å². The number of amides is 1. The topological polar surface area (TPSA) is 181 Å². The largest absolute Gasteiger partial charge is 0.488 e. The van der Waals surface area contributed by atoms with Gasteiger partial charge in [0.15, 0.2) is 17.5 Å². The van der Waals surface area contributed by atoms with Gasteiger partial charge in [-0.15, -0.1) is 0 Å². The Hall–Kier alpha value is -3.64. The normalized spacial score (nSPS) is 13.3. The zero-order chi connectivity index (χ0) is 22.6. The van der Waals surface area contributed by atoms with Crippen LogP contribution in [-0.4, -0.2) is 49.7 Å². The third-order valence-corrected chi connectivity index (χ3v) is 5.01. The van der Waals surface area contributed by atoms with Crippen molar-refractivity contribution in [3.8, 4) is 11.5 Å². The predicted molar refractivity (Wildman–Crippen MR) is 111 cm³/mol. The van der Waals surface area contributed by atoms with Crippen molar-refractivity contribution in [2.75, 3.05) is 24.2 Å². The maximum Gasteiger partial charge on any atom is 0.343 e. The number of ether oxygens (including phenoxy) is 2. The van der Waals surface area contributed by atoms with E-state index in [4.69, 9.17) is 25.2 Å². The summed E-state index contributed by atoms with van der Waals surface area (Å²) < 4.78 is 41.6. The first-order valence-corrected chi connectivity index (χ1v) is 10.7. The standard InChI is InChI=1S/C19H20N4O7S/c20-19(21)23-12-4-5-13-11(10-12)6-8-29-16-14(2-1-3-15(16)30-18(13)25)17(24)22-7-9-31(26,27)28/h1-5,10H,6-9H2,(H,22,24)(H4,20,21,23)(H,26,27,28). The van der Waals surface area contributed by atoms with Gasteiger partial charge in [-0.1, -0.05) is 6.07 Å². The molecule has 1 aliphatic rings. The van der Waals surface area contributed by atoms with Gasteiger partial charge in [0.05, 0.1) is 23.5 Å². The minimum atomic E-state index is -4.23. The molecular weight excluding hydrogens is 428 g/mol. The highest BCUT2D eigenvalue weighted by Crippen LogP contribution is 2.34. The van der Waals surface area contributed by atoms with E-state index in [0.717, 1.165) is 0 Å². The molecule has 11 nitrogen and oxygen atoms in total. The molecule has 0 atom stereocenters. The number of nitrogens with two attached hydrogens (primary N) is 1. The van der Waals surface area contributed by atoms with Gasteiger partial charge in [0.1, 0.15) is 0 Å². The van der Waals surface area contributed by atoms with Gasteiger partial charge in [0, 0.05) is 18.7 Å². The molecule has 0 radical (unpaired) electrons. The Morgan fingerprint density at radius 1 is 1.26 bits per heavy atom. The number of hydrogen-bond donors (Lipinski definition) is 5. The molecule has 0 fully saturated rings. The number of anilines is 1. The van der Waals surface area contributed by atoms with E-state index in [9.17, 15) is 18.0 Å². The number of esters is 1. The summed E-state index contributed by atoms with van der Waals surface area (Å²) in [6.07, 6.45) is 0.302. The van der Waals surface area contributed by atoms with Gasteiger partial charge in [-0.2, -0.15) is 8.42 Å². The maximum atomic E-state index is 12.7. The number of nitrogens with one attached hydrogen (secondary N) is 3. The van der Waals surface area contributed by atoms with Gasteiger partial charge >= 0.3 is 5.97 Å². The van der Waals surface area contributed by atoms with Crippen molar-refractivity contribution >= 4 is 33.6 Å². The highest BCUT2D eigenvalue weighted by molar-refractivity contribution is 7.85. The summed E-state index contributed by atoms with van der Waals surface area (Å²) in [6, 6.07) is 9.18. The van der Waals surface area contributed by atoms with Crippen LogP contribution >= 0.6 is 0 Å². The molecule has 1 aliphatic heterocycles. The van der Waals surface area contributed by atoms with Crippen LogP contribution in [-0.2, 0) is 16.5 Å². The van der Waals surface area contributed by atoms with E-state index in [1.54, 1.807) is 18.2 Å². The third kappa shape index (κ3) is 5.71. The summed E-state index contributed by atoms with van der Waals surface area (Å²) in [5, 5.41) is 12.3. The molecule has 1 amide bonds. The molecule has 31 heavy (non-hydrogen) atoms. The van der Waals surface area contributed by atoms with Crippen molar-refractivity contribution in [1.29, 1.82) is 5.41 Å². The second kappa shape index (κ2) is 9.02. The Morgan fingerprint density at radius 2 is 2.03 bits per heavy atom. The molecule has 1 heterocycles. The van der Waals surface area contributed by atoms with Crippen molar-refractivity contribution < 1.29 is 32.0 Å². The number of fused-ring (bicyclic) bond motifs is 2. The number of hydrogen-bond acceptors (Lipinski definition) is 7. The number of carbonyl (C=O) groups is 2.